The zero-order valence-electron chi connectivity index (χ0n) is 10.8. The molecule has 17 heavy (non-hydrogen) atoms. The Hall–Kier alpha value is -0.650. The molecular formula is C12H24O5. The number of esters is 1. The number of unbranched alkanes of at least 4 members (excludes halogenated alkanes) is 5. The summed E-state index contributed by atoms with van der Waals surface area (Å²) in [6.07, 6.45) is 6.57. The SMILES string of the molecule is COC(CCCCCCCCOC(C)=O)OO. The van der Waals surface area contributed by atoms with Gasteiger partial charge in [-0.1, -0.05) is 25.7 Å². The lowest BCUT2D eigenvalue weighted by molar-refractivity contribution is -0.341. The minimum Gasteiger partial charge on any atom is -0.466 e. The third-order valence-electron chi connectivity index (χ3n) is 2.52. The van der Waals surface area contributed by atoms with Crippen molar-refractivity contribution < 1.29 is 24.4 Å². The first kappa shape index (κ1) is 16.4. The van der Waals surface area contributed by atoms with E-state index < -0.39 is 6.29 Å². The number of ether oxygens (including phenoxy) is 2. The maximum Gasteiger partial charge on any atom is 0.302 e. The minimum absolute atomic E-state index is 0.209. The lowest BCUT2D eigenvalue weighted by Crippen LogP contribution is -2.12. The minimum atomic E-state index is -0.501. The van der Waals surface area contributed by atoms with E-state index in [4.69, 9.17) is 14.7 Å². The number of methoxy groups -OCH3 is 1. The van der Waals surface area contributed by atoms with Gasteiger partial charge < -0.3 is 9.47 Å². The van der Waals surface area contributed by atoms with E-state index in [1.165, 1.54) is 14.0 Å². The molecule has 0 aromatic heterocycles. The average molecular weight is 248 g/mol. The van der Waals surface area contributed by atoms with Gasteiger partial charge in [0.1, 0.15) is 0 Å². The van der Waals surface area contributed by atoms with Crippen LogP contribution in [0.4, 0.5) is 0 Å². The molecule has 0 aliphatic heterocycles. The second-order valence-electron chi connectivity index (χ2n) is 4.02. The number of carbonyl (C=O) groups is 1. The number of hydrogen-bond donors (Lipinski definition) is 1. The Morgan fingerprint density at radius 2 is 1.71 bits per heavy atom. The van der Waals surface area contributed by atoms with E-state index >= 15 is 0 Å². The summed E-state index contributed by atoms with van der Waals surface area (Å²) in [5, 5.41) is 8.40. The fourth-order valence-electron chi connectivity index (χ4n) is 1.55. The largest absolute Gasteiger partial charge is 0.466 e. The number of hydrogen-bond acceptors (Lipinski definition) is 5. The predicted molar refractivity (Wildman–Crippen MR) is 63.5 cm³/mol. The molecule has 0 aromatic rings. The van der Waals surface area contributed by atoms with Crippen LogP contribution in [-0.2, 0) is 19.2 Å². The smallest absolute Gasteiger partial charge is 0.302 e. The van der Waals surface area contributed by atoms with Gasteiger partial charge >= 0.3 is 5.97 Å². The highest BCUT2D eigenvalue weighted by Crippen LogP contribution is 2.10. The Balaban J connectivity index is 3.10. The van der Waals surface area contributed by atoms with Crippen molar-refractivity contribution in [3.05, 3.63) is 0 Å². The van der Waals surface area contributed by atoms with Gasteiger partial charge in [-0.25, -0.2) is 10.1 Å². The summed E-state index contributed by atoms with van der Waals surface area (Å²) in [5.74, 6) is -0.209. The molecule has 0 amide bonds. The quantitative estimate of drug-likeness (QED) is 0.200. The fourth-order valence-corrected chi connectivity index (χ4v) is 1.55. The Bertz CT molecular complexity index is 180. The van der Waals surface area contributed by atoms with Crippen LogP contribution >= 0.6 is 0 Å². The van der Waals surface area contributed by atoms with Crippen molar-refractivity contribution in [3.63, 3.8) is 0 Å². The topological polar surface area (TPSA) is 65.0 Å². The van der Waals surface area contributed by atoms with Crippen molar-refractivity contribution in [1.82, 2.24) is 0 Å². The lowest BCUT2D eigenvalue weighted by Gasteiger charge is -2.10. The molecule has 0 heterocycles. The van der Waals surface area contributed by atoms with Gasteiger partial charge in [0.25, 0.3) is 0 Å². The highest BCUT2D eigenvalue weighted by atomic mass is 17.1. The van der Waals surface area contributed by atoms with E-state index in [-0.39, 0.29) is 5.97 Å². The predicted octanol–water partition coefficient (Wildman–Crippen LogP) is 2.74. The third-order valence-corrected chi connectivity index (χ3v) is 2.52. The van der Waals surface area contributed by atoms with Crippen LogP contribution in [-0.4, -0.2) is 31.2 Å². The molecule has 0 radical (unpaired) electrons. The van der Waals surface area contributed by atoms with Crippen molar-refractivity contribution in [3.8, 4) is 0 Å². The summed E-state index contributed by atoms with van der Waals surface area (Å²) in [6, 6.07) is 0. The summed E-state index contributed by atoms with van der Waals surface area (Å²) in [4.78, 5) is 14.6. The van der Waals surface area contributed by atoms with Crippen LogP contribution in [0.1, 0.15) is 51.9 Å². The Kier molecular flexibility index (Phi) is 11.4. The summed E-state index contributed by atoms with van der Waals surface area (Å²) >= 11 is 0. The summed E-state index contributed by atoms with van der Waals surface area (Å²) in [7, 11) is 1.51. The average Bonchev–Trinajstić information content (AvgIpc) is 2.31. The van der Waals surface area contributed by atoms with Gasteiger partial charge in [-0.3, -0.25) is 4.79 Å². The zero-order chi connectivity index (χ0) is 12.9. The molecule has 0 bridgehead atoms. The van der Waals surface area contributed by atoms with Crippen LogP contribution in [0.3, 0.4) is 0 Å². The molecule has 0 aliphatic rings. The molecule has 1 unspecified atom stereocenters. The molecule has 0 spiro atoms. The van der Waals surface area contributed by atoms with Gasteiger partial charge in [-0.15, -0.1) is 0 Å². The van der Waals surface area contributed by atoms with Gasteiger partial charge in [-0.2, -0.15) is 0 Å². The Morgan fingerprint density at radius 1 is 1.12 bits per heavy atom. The van der Waals surface area contributed by atoms with Crippen molar-refractivity contribution in [2.75, 3.05) is 13.7 Å². The molecule has 102 valence electrons. The maximum atomic E-state index is 10.5. The first-order valence-electron chi connectivity index (χ1n) is 6.17. The molecule has 5 nitrogen and oxygen atoms in total. The third kappa shape index (κ3) is 11.6. The van der Waals surface area contributed by atoms with Crippen molar-refractivity contribution in [2.24, 2.45) is 0 Å². The Labute approximate surface area is 103 Å². The van der Waals surface area contributed by atoms with E-state index in [2.05, 4.69) is 4.89 Å². The van der Waals surface area contributed by atoms with Crippen LogP contribution in [0.2, 0.25) is 0 Å². The second kappa shape index (κ2) is 11.8. The monoisotopic (exact) mass is 248 g/mol. The molecule has 1 N–H and O–H groups in total. The molecule has 0 saturated carbocycles. The number of carbonyl (C=O) groups excluding carboxylic acids is 1. The molecule has 1 atom stereocenters. The molecule has 0 fully saturated rings. The molecular weight excluding hydrogens is 224 g/mol. The molecule has 0 aliphatic carbocycles. The van der Waals surface area contributed by atoms with Gasteiger partial charge in [0.15, 0.2) is 6.29 Å². The standard InChI is InChI=1S/C12H24O5/c1-11(13)16-10-8-6-4-3-5-7-9-12(15-2)17-14/h12,14H,3-10H2,1-2H3. The maximum absolute atomic E-state index is 10.5. The number of rotatable bonds is 11. The molecule has 0 rings (SSSR count). The van der Waals surface area contributed by atoms with Crippen LogP contribution in [0.15, 0.2) is 0 Å². The van der Waals surface area contributed by atoms with E-state index in [0.29, 0.717) is 13.0 Å². The molecule has 0 aromatic carbocycles. The summed E-state index contributed by atoms with van der Waals surface area (Å²) in [6.45, 7) is 1.95. The summed E-state index contributed by atoms with van der Waals surface area (Å²) in [5.41, 5.74) is 0. The van der Waals surface area contributed by atoms with Gasteiger partial charge in [0.05, 0.1) is 6.61 Å². The fraction of sp³-hybridized carbons (Fsp3) is 0.917. The van der Waals surface area contributed by atoms with E-state index in [9.17, 15) is 4.79 Å². The van der Waals surface area contributed by atoms with E-state index in [1.807, 2.05) is 0 Å². The highest BCUT2D eigenvalue weighted by Gasteiger charge is 2.05. The van der Waals surface area contributed by atoms with Crippen LogP contribution in [0.25, 0.3) is 0 Å². The van der Waals surface area contributed by atoms with Crippen LogP contribution < -0.4 is 0 Å². The van der Waals surface area contributed by atoms with Gasteiger partial charge in [0, 0.05) is 20.5 Å². The second-order valence-corrected chi connectivity index (χ2v) is 4.02. The highest BCUT2D eigenvalue weighted by molar-refractivity contribution is 5.65. The van der Waals surface area contributed by atoms with E-state index in [1.54, 1.807) is 0 Å². The first-order valence-corrected chi connectivity index (χ1v) is 6.17. The van der Waals surface area contributed by atoms with Gasteiger partial charge in [-0.05, 0) is 12.8 Å². The van der Waals surface area contributed by atoms with Crippen LogP contribution in [0.5, 0.6) is 0 Å². The van der Waals surface area contributed by atoms with Crippen molar-refractivity contribution in [1.29, 1.82) is 0 Å². The first-order chi connectivity index (χ1) is 8.20. The summed E-state index contributed by atoms with van der Waals surface area (Å²) < 4.78 is 9.69. The zero-order valence-corrected chi connectivity index (χ0v) is 10.8. The van der Waals surface area contributed by atoms with Gasteiger partial charge in [0.2, 0.25) is 0 Å². The van der Waals surface area contributed by atoms with Crippen molar-refractivity contribution in [2.45, 2.75) is 58.2 Å². The normalized spacial score (nSPS) is 12.4. The molecule has 5 heteroatoms. The molecule has 0 saturated heterocycles. The Morgan fingerprint density at radius 3 is 2.24 bits per heavy atom. The lowest BCUT2D eigenvalue weighted by atomic mass is 10.1. The van der Waals surface area contributed by atoms with Crippen molar-refractivity contribution >= 4 is 5.97 Å². The van der Waals surface area contributed by atoms with E-state index in [0.717, 1.165) is 38.5 Å². The van der Waals surface area contributed by atoms with Crippen LogP contribution in [0, 0.1) is 0 Å².